The van der Waals surface area contributed by atoms with E-state index in [0.29, 0.717) is 5.82 Å². The van der Waals surface area contributed by atoms with Gasteiger partial charge >= 0.3 is 0 Å². The second kappa shape index (κ2) is 4.67. The molecule has 0 radical (unpaired) electrons. The third kappa shape index (κ3) is 2.71. The number of nitrogens with two attached hydrogens (primary N) is 1. The summed E-state index contributed by atoms with van der Waals surface area (Å²) < 4.78 is 0. The normalized spacial score (nSPS) is 12.4. The predicted molar refractivity (Wildman–Crippen MR) is 70.1 cm³/mol. The van der Waals surface area contributed by atoms with Gasteiger partial charge in [-0.05, 0) is 32.9 Å². The van der Waals surface area contributed by atoms with Gasteiger partial charge in [0.05, 0.1) is 16.7 Å². The van der Waals surface area contributed by atoms with E-state index in [2.05, 4.69) is 27.4 Å². The van der Waals surface area contributed by atoms with E-state index in [9.17, 15) is 0 Å². The largest absolute Gasteiger partial charge is 0.382 e. The van der Waals surface area contributed by atoms with Crippen LogP contribution < -0.4 is 11.1 Å². The van der Waals surface area contributed by atoms with Crippen molar-refractivity contribution in [2.75, 3.05) is 11.1 Å². The minimum Gasteiger partial charge on any atom is -0.382 e. The van der Waals surface area contributed by atoms with Gasteiger partial charge in [0.2, 0.25) is 0 Å². The van der Waals surface area contributed by atoms with Crippen molar-refractivity contribution in [2.24, 2.45) is 0 Å². The predicted octanol–water partition coefficient (Wildman–Crippen LogP) is 2.31. The highest BCUT2D eigenvalue weighted by molar-refractivity contribution is 7.11. The number of hydrogen-bond acceptors (Lipinski definition) is 6. The fourth-order valence-corrected chi connectivity index (χ4v) is 2.59. The third-order valence-electron chi connectivity index (χ3n) is 2.38. The third-order valence-corrected chi connectivity index (χ3v) is 3.64. The second-order valence-corrected chi connectivity index (χ2v) is 5.13. The van der Waals surface area contributed by atoms with Crippen LogP contribution in [-0.4, -0.2) is 15.2 Å². The number of nitrogens with one attached hydrogen (secondary N) is 1. The molecule has 6 heteroatoms. The molecule has 0 spiro atoms. The number of nitrogen functional groups attached to an aromatic ring is 1. The molecule has 2 aromatic rings. The average molecular weight is 249 g/mol. The number of hydrogen-bond donors (Lipinski definition) is 2. The summed E-state index contributed by atoms with van der Waals surface area (Å²) in [5.41, 5.74) is 6.55. The highest BCUT2D eigenvalue weighted by Crippen LogP contribution is 2.26. The van der Waals surface area contributed by atoms with Crippen molar-refractivity contribution in [3.05, 3.63) is 27.7 Å². The van der Waals surface area contributed by atoms with Crippen LogP contribution >= 0.6 is 11.3 Å². The monoisotopic (exact) mass is 249 g/mol. The van der Waals surface area contributed by atoms with E-state index in [4.69, 9.17) is 5.73 Å². The number of anilines is 2. The van der Waals surface area contributed by atoms with Gasteiger partial charge in [-0.15, -0.1) is 21.5 Å². The maximum Gasteiger partial charge on any atom is 0.149 e. The van der Waals surface area contributed by atoms with Crippen molar-refractivity contribution in [2.45, 2.75) is 26.8 Å². The minimum atomic E-state index is 0.166. The lowest BCUT2D eigenvalue weighted by Crippen LogP contribution is -2.08. The first-order chi connectivity index (χ1) is 8.06. The Bertz CT molecular complexity index is 505. The summed E-state index contributed by atoms with van der Waals surface area (Å²) in [5.74, 6) is 1.14. The van der Waals surface area contributed by atoms with Crippen LogP contribution in [0, 0.1) is 13.8 Å². The molecule has 3 N–H and O–H groups in total. The van der Waals surface area contributed by atoms with Gasteiger partial charge in [-0.2, -0.15) is 0 Å². The molecule has 0 fully saturated rings. The molecule has 2 aromatic heterocycles. The Balaban J connectivity index is 2.14. The van der Waals surface area contributed by atoms with Crippen molar-refractivity contribution in [1.82, 2.24) is 15.2 Å². The van der Waals surface area contributed by atoms with Crippen LogP contribution in [0.25, 0.3) is 0 Å². The van der Waals surface area contributed by atoms with E-state index in [1.54, 1.807) is 17.4 Å². The van der Waals surface area contributed by atoms with Crippen LogP contribution in [0.5, 0.6) is 0 Å². The number of aromatic nitrogens is 3. The summed E-state index contributed by atoms with van der Waals surface area (Å²) in [6.07, 6.45) is 0. The van der Waals surface area contributed by atoms with Gasteiger partial charge in [-0.3, -0.25) is 0 Å². The molecule has 0 saturated carbocycles. The number of rotatable bonds is 3. The van der Waals surface area contributed by atoms with Crippen molar-refractivity contribution < 1.29 is 0 Å². The Morgan fingerprint density at radius 3 is 2.59 bits per heavy atom. The molecule has 0 aliphatic rings. The molecule has 17 heavy (non-hydrogen) atoms. The SMILES string of the molecule is Cc1nc(C)c(C(C)Nc2ccc(N)nn2)s1. The van der Waals surface area contributed by atoms with Gasteiger partial charge in [-0.1, -0.05) is 0 Å². The minimum absolute atomic E-state index is 0.166. The van der Waals surface area contributed by atoms with Gasteiger partial charge in [0.15, 0.2) is 0 Å². The molecule has 0 saturated heterocycles. The molecule has 2 rings (SSSR count). The highest BCUT2D eigenvalue weighted by atomic mass is 32.1. The van der Waals surface area contributed by atoms with Gasteiger partial charge in [0.25, 0.3) is 0 Å². The van der Waals surface area contributed by atoms with E-state index >= 15 is 0 Å². The molecule has 0 amide bonds. The molecular formula is C11H15N5S. The van der Waals surface area contributed by atoms with E-state index in [-0.39, 0.29) is 6.04 Å². The lowest BCUT2D eigenvalue weighted by atomic mass is 10.2. The summed E-state index contributed by atoms with van der Waals surface area (Å²) in [6, 6.07) is 3.72. The second-order valence-electron chi connectivity index (χ2n) is 3.89. The number of nitrogens with zero attached hydrogens (tertiary/aromatic N) is 3. The van der Waals surface area contributed by atoms with Crippen LogP contribution in [0.2, 0.25) is 0 Å². The summed E-state index contributed by atoms with van der Waals surface area (Å²) in [6.45, 7) is 6.11. The van der Waals surface area contributed by atoms with Gasteiger partial charge in [-0.25, -0.2) is 4.98 Å². The molecule has 0 aliphatic heterocycles. The molecule has 5 nitrogen and oxygen atoms in total. The van der Waals surface area contributed by atoms with Gasteiger partial charge < -0.3 is 11.1 Å². The van der Waals surface area contributed by atoms with Crippen molar-refractivity contribution in [3.8, 4) is 0 Å². The lowest BCUT2D eigenvalue weighted by Gasteiger charge is -2.12. The smallest absolute Gasteiger partial charge is 0.149 e. The molecule has 2 heterocycles. The number of thiazole rings is 1. The van der Waals surface area contributed by atoms with Gasteiger partial charge in [0, 0.05) is 4.88 Å². The molecule has 1 atom stereocenters. The maximum absolute atomic E-state index is 5.49. The summed E-state index contributed by atoms with van der Waals surface area (Å²) in [7, 11) is 0. The van der Waals surface area contributed by atoms with E-state index in [1.165, 1.54) is 4.88 Å². The average Bonchev–Trinajstić information content (AvgIpc) is 2.61. The molecular weight excluding hydrogens is 234 g/mol. The summed E-state index contributed by atoms with van der Waals surface area (Å²) in [5, 5.41) is 12.1. The zero-order chi connectivity index (χ0) is 12.4. The van der Waals surface area contributed by atoms with Crippen LogP contribution in [0.3, 0.4) is 0 Å². The fraction of sp³-hybridized carbons (Fsp3) is 0.364. The van der Waals surface area contributed by atoms with Crippen molar-refractivity contribution in [1.29, 1.82) is 0 Å². The quantitative estimate of drug-likeness (QED) is 0.872. The summed E-state index contributed by atoms with van der Waals surface area (Å²) >= 11 is 1.70. The van der Waals surface area contributed by atoms with Crippen molar-refractivity contribution >= 4 is 23.0 Å². The first-order valence-corrected chi connectivity index (χ1v) is 6.17. The standard InChI is InChI=1S/C11H15N5S/c1-6-11(17-8(3)13-6)7(2)14-10-5-4-9(12)15-16-10/h4-5,7H,1-3H3,(H2,12,15)(H,14,16). The Hall–Kier alpha value is -1.69. The zero-order valence-corrected chi connectivity index (χ0v) is 10.9. The summed E-state index contributed by atoms with van der Waals surface area (Å²) in [4.78, 5) is 5.63. The molecule has 0 aliphatic carbocycles. The Kier molecular flexibility index (Phi) is 3.23. The van der Waals surface area contributed by atoms with Crippen LogP contribution in [0.1, 0.15) is 28.5 Å². The Morgan fingerprint density at radius 1 is 1.29 bits per heavy atom. The Morgan fingerprint density at radius 2 is 2.06 bits per heavy atom. The van der Waals surface area contributed by atoms with E-state index in [1.807, 2.05) is 19.9 Å². The highest BCUT2D eigenvalue weighted by Gasteiger charge is 2.13. The molecule has 90 valence electrons. The number of aryl methyl sites for hydroxylation is 2. The zero-order valence-electron chi connectivity index (χ0n) is 10.1. The fourth-order valence-electron chi connectivity index (χ4n) is 1.66. The molecule has 0 bridgehead atoms. The first kappa shape index (κ1) is 11.8. The van der Waals surface area contributed by atoms with E-state index in [0.717, 1.165) is 16.5 Å². The maximum atomic E-state index is 5.49. The van der Waals surface area contributed by atoms with E-state index < -0.39 is 0 Å². The Labute approximate surface area is 104 Å². The van der Waals surface area contributed by atoms with Crippen LogP contribution in [0.15, 0.2) is 12.1 Å². The lowest BCUT2D eigenvalue weighted by molar-refractivity contribution is 0.867. The topological polar surface area (TPSA) is 76.7 Å². The van der Waals surface area contributed by atoms with Gasteiger partial charge in [0.1, 0.15) is 11.6 Å². The van der Waals surface area contributed by atoms with Crippen molar-refractivity contribution in [3.63, 3.8) is 0 Å². The molecule has 1 unspecified atom stereocenters. The first-order valence-electron chi connectivity index (χ1n) is 5.36. The van der Waals surface area contributed by atoms with Crippen LogP contribution in [-0.2, 0) is 0 Å². The van der Waals surface area contributed by atoms with Crippen LogP contribution in [0.4, 0.5) is 11.6 Å². The molecule has 0 aromatic carbocycles.